The van der Waals surface area contributed by atoms with Crippen LogP contribution in [0.3, 0.4) is 0 Å². The van der Waals surface area contributed by atoms with Gasteiger partial charge in [-0.3, -0.25) is 0 Å². The Balaban J connectivity index is 1.59. The van der Waals surface area contributed by atoms with E-state index in [0.29, 0.717) is 23.1 Å². The van der Waals surface area contributed by atoms with Gasteiger partial charge in [0, 0.05) is 32.8 Å². The zero-order valence-electron chi connectivity index (χ0n) is 20.0. The Morgan fingerprint density at radius 3 is 2.61 bits per heavy atom. The van der Waals surface area contributed by atoms with Gasteiger partial charge < -0.3 is 9.47 Å². The van der Waals surface area contributed by atoms with E-state index in [9.17, 15) is 0 Å². The molecule has 4 aromatic rings. The molecule has 0 bridgehead atoms. The molecule has 4 rings (SSSR count). The van der Waals surface area contributed by atoms with Gasteiger partial charge in [0.25, 0.3) is 0 Å². The van der Waals surface area contributed by atoms with Gasteiger partial charge in [0.05, 0.1) is 13.3 Å². The van der Waals surface area contributed by atoms with Crippen molar-refractivity contribution in [3.63, 3.8) is 0 Å². The van der Waals surface area contributed by atoms with E-state index in [1.165, 1.54) is 5.56 Å². The Kier molecular flexibility index (Phi) is 9.44. The summed E-state index contributed by atoms with van der Waals surface area (Å²) in [6.45, 7) is 2.42. The van der Waals surface area contributed by atoms with Crippen molar-refractivity contribution in [2.24, 2.45) is 5.10 Å². The lowest BCUT2D eigenvalue weighted by molar-refractivity contribution is 0.284. The van der Waals surface area contributed by atoms with Crippen LogP contribution in [0.15, 0.2) is 81.5 Å². The summed E-state index contributed by atoms with van der Waals surface area (Å²) in [5, 5.41) is 14.9. The predicted molar refractivity (Wildman–Crippen MR) is 149 cm³/mol. The Bertz CT molecular complexity index is 1330. The van der Waals surface area contributed by atoms with E-state index in [1.807, 2.05) is 59.3 Å². The van der Waals surface area contributed by atoms with Crippen molar-refractivity contribution in [3.8, 4) is 11.5 Å². The standard InChI is InChI=1S/C27H26BrClN4O2S/c1-3-7-25-31-32-27(36-18-19-12-14-22(28)15-13-19)33(25)30-16-20-9-6-11-24(34-2)26(20)35-17-21-8-4-5-10-23(21)29/h4-6,8-16H,3,7,17-18H2,1-2H3/b30-16+. The molecule has 36 heavy (non-hydrogen) atoms. The lowest BCUT2D eigenvalue weighted by Crippen LogP contribution is -2.03. The monoisotopic (exact) mass is 584 g/mol. The Morgan fingerprint density at radius 1 is 1.06 bits per heavy atom. The molecule has 0 saturated carbocycles. The maximum Gasteiger partial charge on any atom is 0.212 e. The lowest BCUT2D eigenvalue weighted by atomic mass is 10.2. The molecule has 3 aromatic carbocycles. The first-order valence-corrected chi connectivity index (χ1v) is 13.6. The van der Waals surface area contributed by atoms with Crippen molar-refractivity contribution >= 4 is 45.5 Å². The van der Waals surface area contributed by atoms with Gasteiger partial charge in [-0.1, -0.05) is 82.6 Å². The highest BCUT2D eigenvalue weighted by Crippen LogP contribution is 2.32. The summed E-state index contributed by atoms with van der Waals surface area (Å²) in [5.41, 5.74) is 2.87. The van der Waals surface area contributed by atoms with Crippen molar-refractivity contribution in [3.05, 3.63) is 98.7 Å². The number of hydrogen-bond acceptors (Lipinski definition) is 6. The smallest absolute Gasteiger partial charge is 0.212 e. The van der Waals surface area contributed by atoms with Gasteiger partial charge in [0.2, 0.25) is 5.16 Å². The molecule has 0 spiro atoms. The SMILES string of the molecule is CCCc1nnc(SCc2ccc(Br)cc2)n1/N=C/c1cccc(OC)c1OCc1ccccc1Cl. The summed E-state index contributed by atoms with van der Waals surface area (Å²) in [6, 6.07) is 21.6. The van der Waals surface area contributed by atoms with Crippen LogP contribution in [0.1, 0.15) is 35.9 Å². The molecule has 1 aromatic heterocycles. The minimum Gasteiger partial charge on any atom is -0.493 e. The molecule has 0 N–H and O–H groups in total. The van der Waals surface area contributed by atoms with Gasteiger partial charge in [0.1, 0.15) is 6.61 Å². The number of methoxy groups -OCH3 is 1. The quantitative estimate of drug-likeness (QED) is 0.135. The molecule has 0 aliphatic heterocycles. The van der Waals surface area contributed by atoms with Gasteiger partial charge in [-0.2, -0.15) is 9.78 Å². The van der Waals surface area contributed by atoms with E-state index < -0.39 is 0 Å². The number of nitrogens with zero attached hydrogens (tertiary/aromatic N) is 4. The third kappa shape index (κ3) is 6.69. The normalized spacial score (nSPS) is 11.2. The second kappa shape index (κ2) is 12.9. The van der Waals surface area contributed by atoms with E-state index in [4.69, 9.17) is 26.2 Å². The summed E-state index contributed by atoms with van der Waals surface area (Å²) in [5.74, 6) is 2.79. The number of thioether (sulfide) groups is 1. The van der Waals surface area contributed by atoms with Crippen molar-refractivity contribution in [2.45, 2.75) is 37.3 Å². The van der Waals surface area contributed by atoms with Crippen molar-refractivity contribution < 1.29 is 9.47 Å². The van der Waals surface area contributed by atoms with Crippen LogP contribution in [-0.4, -0.2) is 28.2 Å². The van der Waals surface area contributed by atoms with Crippen LogP contribution in [-0.2, 0) is 18.8 Å². The van der Waals surface area contributed by atoms with Crippen LogP contribution < -0.4 is 9.47 Å². The fourth-order valence-corrected chi connectivity index (χ4v) is 4.76. The van der Waals surface area contributed by atoms with Gasteiger partial charge in [0.15, 0.2) is 17.3 Å². The molecule has 0 aliphatic rings. The molecule has 1 heterocycles. The molecule has 6 nitrogen and oxygen atoms in total. The van der Waals surface area contributed by atoms with Crippen LogP contribution in [0, 0.1) is 0 Å². The topological polar surface area (TPSA) is 61.5 Å². The molecule has 0 aliphatic carbocycles. The van der Waals surface area contributed by atoms with E-state index >= 15 is 0 Å². The number of benzene rings is 3. The van der Waals surface area contributed by atoms with Crippen LogP contribution >= 0.6 is 39.3 Å². The highest BCUT2D eigenvalue weighted by molar-refractivity contribution is 9.10. The van der Waals surface area contributed by atoms with E-state index in [-0.39, 0.29) is 0 Å². The highest BCUT2D eigenvalue weighted by atomic mass is 79.9. The van der Waals surface area contributed by atoms with Crippen LogP contribution in [0.2, 0.25) is 5.02 Å². The molecule has 0 unspecified atom stereocenters. The summed E-state index contributed by atoms with van der Waals surface area (Å²) in [6.07, 6.45) is 3.48. The summed E-state index contributed by atoms with van der Waals surface area (Å²) in [7, 11) is 1.62. The lowest BCUT2D eigenvalue weighted by Gasteiger charge is -2.14. The molecular weight excluding hydrogens is 560 g/mol. The van der Waals surface area contributed by atoms with Gasteiger partial charge >= 0.3 is 0 Å². The van der Waals surface area contributed by atoms with Crippen molar-refractivity contribution in [1.29, 1.82) is 0 Å². The van der Waals surface area contributed by atoms with Crippen LogP contribution in [0.25, 0.3) is 0 Å². The fraction of sp³-hybridized carbons (Fsp3) is 0.222. The molecule has 9 heteroatoms. The first-order valence-electron chi connectivity index (χ1n) is 11.5. The van der Waals surface area contributed by atoms with Gasteiger partial charge in [-0.25, -0.2) is 0 Å². The van der Waals surface area contributed by atoms with Gasteiger partial charge in [-0.05, 0) is 42.3 Å². The number of ether oxygens (including phenoxy) is 2. The Labute approximate surface area is 228 Å². The average Bonchev–Trinajstić information content (AvgIpc) is 3.28. The molecule has 0 atom stereocenters. The Hall–Kier alpha value is -2.81. The number of aromatic nitrogens is 3. The zero-order valence-corrected chi connectivity index (χ0v) is 23.2. The van der Waals surface area contributed by atoms with Crippen molar-refractivity contribution in [2.75, 3.05) is 7.11 Å². The molecular formula is C27H26BrClN4O2S. The van der Waals surface area contributed by atoms with E-state index in [2.05, 4.69) is 45.2 Å². The molecule has 0 amide bonds. The summed E-state index contributed by atoms with van der Waals surface area (Å²) in [4.78, 5) is 0. The number of halogens is 2. The van der Waals surface area contributed by atoms with E-state index in [0.717, 1.165) is 45.2 Å². The first kappa shape index (κ1) is 26.3. The van der Waals surface area contributed by atoms with Crippen LogP contribution in [0.4, 0.5) is 0 Å². The molecule has 186 valence electrons. The predicted octanol–water partition coefficient (Wildman–Crippen LogP) is 7.41. The second-order valence-electron chi connectivity index (χ2n) is 7.88. The minimum atomic E-state index is 0.308. The highest BCUT2D eigenvalue weighted by Gasteiger charge is 2.14. The maximum absolute atomic E-state index is 6.32. The second-order valence-corrected chi connectivity index (χ2v) is 10.1. The van der Waals surface area contributed by atoms with Gasteiger partial charge in [-0.15, -0.1) is 10.2 Å². The third-order valence-corrected chi connectivity index (χ3v) is 7.19. The number of aryl methyl sites for hydroxylation is 1. The average molecular weight is 586 g/mol. The number of hydrogen-bond donors (Lipinski definition) is 0. The molecule has 0 radical (unpaired) electrons. The minimum absolute atomic E-state index is 0.308. The molecule has 0 fully saturated rings. The summed E-state index contributed by atoms with van der Waals surface area (Å²) >= 11 is 11.4. The summed E-state index contributed by atoms with van der Waals surface area (Å²) < 4.78 is 14.6. The number of para-hydroxylation sites is 1. The van der Waals surface area contributed by atoms with Crippen molar-refractivity contribution in [1.82, 2.24) is 14.9 Å². The zero-order chi connectivity index (χ0) is 25.3. The maximum atomic E-state index is 6.32. The largest absolute Gasteiger partial charge is 0.493 e. The number of rotatable bonds is 11. The first-order chi connectivity index (χ1) is 17.6. The Morgan fingerprint density at radius 2 is 1.86 bits per heavy atom. The molecule has 0 saturated heterocycles. The van der Waals surface area contributed by atoms with Crippen LogP contribution in [0.5, 0.6) is 11.5 Å². The third-order valence-electron chi connectivity index (χ3n) is 5.30. The fourth-order valence-electron chi connectivity index (χ4n) is 3.44. The van der Waals surface area contributed by atoms with E-state index in [1.54, 1.807) is 25.1 Å².